The lowest BCUT2D eigenvalue weighted by molar-refractivity contribution is 0.377. The molecule has 2 atom stereocenters. The molecule has 1 rings (SSSR count). The molecular weight excluding hydrogens is 197 g/mol. The van der Waals surface area contributed by atoms with Gasteiger partial charge in [-0.1, -0.05) is 18.3 Å². The first-order valence-electron chi connectivity index (χ1n) is 3.87. The number of hydrogen-bond donors (Lipinski definition) is 1. The first-order chi connectivity index (χ1) is 5.20. The summed E-state index contributed by atoms with van der Waals surface area (Å²) in [5.74, 6) is 1.12. The van der Waals surface area contributed by atoms with Crippen LogP contribution in [0.1, 0.15) is 20.3 Å². The Labute approximate surface area is 77.4 Å². The molecule has 11 heavy (non-hydrogen) atoms. The van der Waals surface area contributed by atoms with Gasteiger partial charge in [-0.05, 0) is 25.2 Å². The molecule has 2 unspecified atom stereocenters. The van der Waals surface area contributed by atoms with Crippen LogP contribution in [0.15, 0.2) is 0 Å². The molecule has 2 nitrogen and oxygen atoms in total. The number of nitrogens with one attached hydrogen (secondary N) is 1. The molecule has 0 aromatic rings. The van der Waals surface area contributed by atoms with Gasteiger partial charge < -0.3 is 4.52 Å². The topological polar surface area (TPSA) is 21.3 Å². The van der Waals surface area contributed by atoms with Crippen LogP contribution in [-0.4, -0.2) is 18.4 Å². The summed E-state index contributed by atoms with van der Waals surface area (Å²) < 4.78 is 5.50. The van der Waals surface area contributed by atoms with Crippen molar-refractivity contribution in [1.82, 2.24) is 5.09 Å². The van der Waals surface area contributed by atoms with Gasteiger partial charge in [-0.2, -0.15) is 0 Å². The molecule has 0 aromatic heterocycles. The van der Waals surface area contributed by atoms with Crippen molar-refractivity contribution in [2.75, 3.05) is 12.4 Å². The fourth-order valence-corrected chi connectivity index (χ4v) is 6.69. The average molecular weight is 211 g/mol. The zero-order valence-corrected chi connectivity index (χ0v) is 9.40. The second-order valence-electron chi connectivity index (χ2n) is 2.45. The van der Waals surface area contributed by atoms with Gasteiger partial charge in [0.05, 0.1) is 6.61 Å². The van der Waals surface area contributed by atoms with Crippen molar-refractivity contribution in [3.05, 3.63) is 0 Å². The monoisotopic (exact) mass is 211 g/mol. The SMILES string of the molecule is CCOP1(=S)NC(CC)CS1. The van der Waals surface area contributed by atoms with Gasteiger partial charge in [-0.15, -0.1) is 0 Å². The number of hydrogen-bond acceptors (Lipinski definition) is 3. The van der Waals surface area contributed by atoms with E-state index in [1.165, 1.54) is 0 Å². The first-order valence-corrected chi connectivity index (χ1v) is 8.18. The van der Waals surface area contributed by atoms with Gasteiger partial charge in [-0.25, -0.2) is 0 Å². The molecule has 0 aliphatic carbocycles. The lowest BCUT2D eigenvalue weighted by Crippen LogP contribution is -2.20. The summed E-state index contributed by atoms with van der Waals surface area (Å²) in [6.45, 7) is 4.90. The van der Waals surface area contributed by atoms with E-state index in [-0.39, 0.29) is 0 Å². The van der Waals surface area contributed by atoms with Crippen LogP contribution in [0.25, 0.3) is 0 Å². The van der Waals surface area contributed by atoms with Crippen LogP contribution in [0, 0.1) is 0 Å². The molecule has 0 saturated carbocycles. The van der Waals surface area contributed by atoms with Gasteiger partial charge in [0.2, 0.25) is 0 Å². The standard InChI is InChI=1S/C6H14NOPS2/c1-3-6-5-11-9(10,7-6)8-4-2/h6H,3-5H2,1-2H3,(H,7,10). The van der Waals surface area contributed by atoms with Crippen LogP contribution in [0.2, 0.25) is 0 Å². The van der Waals surface area contributed by atoms with Crippen LogP contribution >= 0.6 is 17.0 Å². The smallest absolute Gasteiger partial charge is 0.186 e. The van der Waals surface area contributed by atoms with Crippen LogP contribution in [-0.2, 0) is 16.3 Å². The highest BCUT2D eigenvalue weighted by Crippen LogP contribution is 2.60. The van der Waals surface area contributed by atoms with Crippen molar-refractivity contribution < 1.29 is 4.52 Å². The predicted octanol–water partition coefficient (Wildman–Crippen LogP) is 2.36. The summed E-state index contributed by atoms with van der Waals surface area (Å²) >= 11 is 7.14. The normalized spacial score (nSPS) is 37.8. The Balaban J connectivity index is 2.44. The Morgan fingerprint density at radius 3 is 2.91 bits per heavy atom. The third-order valence-corrected chi connectivity index (χ3v) is 7.43. The van der Waals surface area contributed by atoms with E-state index in [0.29, 0.717) is 6.04 Å². The Kier molecular flexibility index (Phi) is 3.86. The Morgan fingerprint density at radius 1 is 1.73 bits per heavy atom. The minimum Gasteiger partial charge on any atom is -0.331 e. The Morgan fingerprint density at radius 2 is 2.45 bits per heavy atom. The summed E-state index contributed by atoms with van der Waals surface area (Å²) in [5, 5.41) is 3.38. The Hall–Kier alpha value is 0.920. The lowest BCUT2D eigenvalue weighted by Gasteiger charge is -2.15. The molecule has 0 aromatic carbocycles. The number of rotatable bonds is 3. The van der Waals surface area contributed by atoms with Gasteiger partial charge in [-0.3, -0.25) is 5.09 Å². The third-order valence-electron chi connectivity index (χ3n) is 1.58. The van der Waals surface area contributed by atoms with E-state index in [0.717, 1.165) is 18.8 Å². The molecule has 5 heteroatoms. The fraction of sp³-hybridized carbons (Fsp3) is 1.00. The largest absolute Gasteiger partial charge is 0.331 e. The average Bonchev–Trinajstić information content (AvgIpc) is 2.33. The zero-order chi connectivity index (χ0) is 8.32. The summed E-state index contributed by atoms with van der Waals surface area (Å²) in [6, 6.07) is 0.581. The van der Waals surface area contributed by atoms with Crippen LogP contribution in [0.5, 0.6) is 0 Å². The minimum atomic E-state index is -1.64. The van der Waals surface area contributed by atoms with E-state index in [9.17, 15) is 0 Å². The Bertz CT molecular complexity index is 176. The maximum absolute atomic E-state index is 5.50. The van der Waals surface area contributed by atoms with Crippen LogP contribution < -0.4 is 5.09 Å². The van der Waals surface area contributed by atoms with E-state index in [1.807, 2.05) is 6.92 Å². The van der Waals surface area contributed by atoms with Crippen molar-refractivity contribution >= 4 is 28.8 Å². The molecule has 0 radical (unpaired) electrons. The van der Waals surface area contributed by atoms with Crippen molar-refractivity contribution in [1.29, 1.82) is 0 Å². The lowest BCUT2D eigenvalue weighted by atomic mass is 10.3. The molecule has 1 N–H and O–H groups in total. The fourth-order valence-electron chi connectivity index (χ4n) is 0.940. The van der Waals surface area contributed by atoms with E-state index in [2.05, 4.69) is 12.0 Å². The van der Waals surface area contributed by atoms with E-state index in [4.69, 9.17) is 16.3 Å². The maximum atomic E-state index is 5.50. The van der Waals surface area contributed by atoms with Gasteiger partial charge in [0.1, 0.15) is 0 Å². The summed E-state index contributed by atoms with van der Waals surface area (Å²) in [7, 11) is 0. The first kappa shape index (κ1) is 10.0. The van der Waals surface area contributed by atoms with Gasteiger partial charge >= 0.3 is 0 Å². The van der Waals surface area contributed by atoms with E-state index >= 15 is 0 Å². The highest BCUT2D eigenvalue weighted by molar-refractivity contribution is 8.69. The summed E-state index contributed by atoms with van der Waals surface area (Å²) in [5.41, 5.74) is -1.64. The second kappa shape index (κ2) is 4.24. The van der Waals surface area contributed by atoms with Gasteiger partial charge in [0.15, 0.2) is 5.62 Å². The highest BCUT2D eigenvalue weighted by atomic mass is 32.9. The minimum absolute atomic E-state index is 0.581. The summed E-state index contributed by atoms with van der Waals surface area (Å²) in [4.78, 5) is 0. The molecule has 0 bridgehead atoms. The molecule has 66 valence electrons. The van der Waals surface area contributed by atoms with E-state index in [1.54, 1.807) is 11.4 Å². The summed E-state index contributed by atoms with van der Waals surface area (Å²) in [6.07, 6.45) is 1.15. The van der Waals surface area contributed by atoms with E-state index < -0.39 is 5.62 Å². The molecule has 1 fully saturated rings. The molecule has 1 aliphatic rings. The predicted molar refractivity (Wildman–Crippen MR) is 55.6 cm³/mol. The molecular formula is C6H14NOPS2. The second-order valence-corrected chi connectivity index (χ2v) is 9.10. The van der Waals surface area contributed by atoms with Crippen molar-refractivity contribution in [3.8, 4) is 0 Å². The van der Waals surface area contributed by atoms with Crippen molar-refractivity contribution in [3.63, 3.8) is 0 Å². The molecule has 1 aliphatic heterocycles. The highest BCUT2D eigenvalue weighted by Gasteiger charge is 2.29. The molecule has 0 spiro atoms. The van der Waals surface area contributed by atoms with Crippen molar-refractivity contribution in [2.45, 2.75) is 26.3 Å². The zero-order valence-electron chi connectivity index (χ0n) is 6.87. The van der Waals surface area contributed by atoms with Crippen LogP contribution in [0.4, 0.5) is 0 Å². The molecule has 1 heterocycles. The molecule has 1 saturated heterocycles. The molecule has 0 amide bonds. The quantitative estimate of drug-likeness (QED) is 0.723. The van der Waals surface area contributed by atoms with Crippen LogP contribution in [0.3, 0.4) is 0 Å². The third kappa shape index (κ3) is 2.71. The van der Waals surface area contributed by atoms with Crippen molar-refractivity contribution in [2.24, 2.45) is 0 Å². The maximum Gasteiger partial charge on any atom is 0.186 e. The van der Waals surface area contributed by atoms with Gasteiger partial charge in [0.25, 0.3) is 0 Å². The van der Waals surface area contributed by atoms with Gasteiger partial charge in [0, 0.05) is 11.8 Å².